The molecular formula is C31H30N5NaO2. The summed E-state index contributed by atoms with van der Waals surface area (Å²) < 4.78 is 3.80. The van der Waals surface area contributed by atoms with Crippen molar-refractivity contribution in [1.82, 2.24) is 24.3 Å². The first-order chi connectivity index (χ1) is 18.1. The van der Waals surface area contributed by atoms with Gasteiger partial charge in [-0.25, -0.2) is 14.6 Å². The third-order valence-electron chi connectivity index (χ3n) is 6.40. The molecule has 3 heterocycles. The minimum Gasteiger partial charge on any atom is -0.545 e. The number of carbonyl (C=O) groups is 1. The average Bonchev–Trinajstić information content (AvgIpc) is 3.40. The first-order valence-corrected chi connectivity index (χ1v) is 12.7. The van der Waals surface area contributed by atoms with Crippen LogP contribution in [0, 0.1) is 31.1 Å². The maximum absolute atomic E-state index is 11.9. The zero-order valence-electron chi connectivity index (χ0n) is 23.6. The molecule has 192 valence electrons. The second-order valence-electron chi connectivity index (χ2n) is 10.6. The van der Waals surface area contributed by atoms with E-state index in [9.17, 15) is 9.90 Å². The van der Waals surface area contributed by atoms with E-state index in [4.69, 9.17) is 15.1 Å². The Balaban J connectivity index is 0.00000353. The average molecular weight is 528 g/mol. The second-order valence-corrected chi connectivity index (χ2v) is 10.6. The van der Waals surface area contributed by atoms with Crippen molar-refractivity contribution in [3.8, 4) is 17.5 Å². The topological polar surface area (TPSA) is 88.7 Å². The van der Waals surface area contributed by atoms with Crippen molar-refractivity contribution in [3.05, 3.63) is 82.4 Å². The Morgan fingerprint density at radius 1 is 1.05 bits per heavy atom. The number of imidazole rings is 1. The van der Waals surface area contributed by atoms with E-state index < -0.39 is 5.97 Å². The third kappa shape index (κ3) is 5.65. The van der Waals surface area contributed by atoms with Crippen LogP contribution in [0.4, 0.5) is 0 Å². The zero-order valence-corrected chi connectivity index (χ0v) is 25.6. The van der Waals surface area contributed by atoms with Gasteiger partial charge in [0.25, 0.3) is 0 Å². The summed E-state index contributed by atoms with van der Waals surface area (Å²) in [7, 11) is 0. The number of aromatic carboxylic acids is 1. The summed E-state index contributed by atoms with van der Waals surface area (Å²) in [4.78, 5) is 21.6. The van der Waals surface area contributed by atoms with E-state index in [0.29, 0.717) is 17.9 Å². The predicted octanol–water partition coefficient (Wildman–Crippen LogP) is 1.76. The molecule has 7 nitrogen and oxygen atoms in total. The molecule has 0 amide bonds. The number of para-hydroxylation sites is 1. The molecule has 0 aliphatic rings. The van der Waals surface area contributed by atoms with Gasteiger partial charge in [0, 0.05) is 28.5 Å². The summed E-state index contributed by atoms with van der Waals surface area (Å²) in [6.45, 7) is 12.9. The van der Waals surface area contributed by atoms with Gasteiger partial charge in [-0.05, 0) is 75.9 Å². The fourth-order valence-electron chi connectivity index (χ4n) is 4.67. The number of aromatic nitrogens is 5. The van der Waals surface area contributed by atoms with Crippen LogP contribution in [0.3, 0.4) is 0 Å². The number of carboxylic acids is 1. The van der Waals surface area contributed by atoms with Crippen LogP contribution in [0.1, 0.15) is 66.4 Å². The van der Waals surface area contributed by atoms with Crippen LogP contribution >= 0.6 is 0 Å². The monoisotopic (exact) mass is 527 g/mol. The molecule has 5 rings (SSSR count). The number of nitrogens with zero attached hydrogens (tertiary/aromatic N) is 5. The summed E-state index contributed by atoms with van der Waals surface area (Å²) in [6, 6.07) is 14.9. The standard InChI is InChI=1S/C31H31N5O2.Na/c1-7-27-33-28-19(2)16-20(3)32-29(28)35(27)18-21-12-13-24-23(17-21)26(14-15-31(4,5)6)36(34-24)25-11-9-8-10-22(25)30(37)38;/h8-13,16-17H,7,18H2,1-6H3,(H,37,38);/q;+1/p-1. The normalized spacial score (nSPS) is 11.3. The molecule has 0 N–H and O–H groups in total. The molecule has 0 unspecified atom stereocenters. The first-order valence-electron chi connectivity index (χ1n) is 12.7. The fourth-order valence-corrected chi connectivity index (χ4v) is 4.67. The van der Waals surface area contributed by atoms with Crippen LogP contribution in [0.15, 0.2) is 48.5 Å². The van der Waals surface area contributed by atoms with Gasteiger partial charge in [-0.2, -0.15) is 5.10 Å². The van der Waals surface area contributed by atoms with Gasteiger partial charge in [-0.15, -0.1) is 0 Å². The van der Waals surface area contributed by atoms with Crippen LogP contribution in [-0.4, -0.2) is 30.3 Å². The largest absolute Gasteiger partial charge is 1.00 e. The maximum Gasteiger partial charge on any atom is 1.00 e. The van der Waals surface area contributed by atoms with Crippen molar-refractivity contribution >= 4 is 28.0 Å². The van der Waals surface area contributed by atoms with Gasteiger partial charge in [0.1, 0.15) is 17.0 Å². The van der Waals surface area contributed by atoms with Gasteiger partial charge < -0.3 is 14.5 Å². The molecule has 0 spiro atoms. The maximum atomic E-state index is 11.9. The number of benzene rings is 2. The predicted molar refractivity (Wildman–Crippen MR) is 147 cm³/mol. The number of hydrogen-bond acceptors (Lipinski definition) is 5. The minimum atomic E-state index is -1.26. The molecule has 0 aliphatic heterocycles. The molecule has 5 aromatic rings. The van der Waals surface area contributed by atoms with Gasteiger partial charge in [0.2, 0.25) is 0 Å². The molecule has 0 atom stereocenters. The quantitative estimate of drug-likeness (QED) is 0.257. The molecule has 0 saturated carbocycles. The van der Waals surface area contributed by atoms with E-state index >= 15 is 0 Å². The summed E-state index contributed by atoms with van der Waals surface area (Å²) in [6.07, 6.45) is 0.789. The number of fused-ring (bicyclic) bond motifs is 2. The molecule has 0 saturated heterocycles. The van der Waals surface area contributed by atoms with E-state index in [-0.39, 0.29) is 40.5 Å². The summed E-state index contributed by atoms with van der Waals surface area (Å²) in [5.74, 6) is 6.32. The molecule has 39 heavy (non-hydrogen) atoms. The Hall–Kier alpha value is -3.44. The van der Waals surface area contributed by atoms with E-state index in [1.165, 1.54) is 6.07 Å². The van der Waals surface area contributed by atoms with E-state index in [2.05, 4.69) is 42.4 Å². The van der Waals surface area contributed by atoms with Crippen molar-refractivity contribution in [2.75, 3.05) is 0 Å². The van der Waals surface area contributed by atoms with Crippen molar-refractivity contribution in [2.24, 2.45) is 5.41 Å². The Morgan fingerprint density at radius 2 is 1.79 bits per heavy atom. The number of aryl methyl sites for hydroxylation is 3. The molecule has 8 heteroatoms. The molecule has 0 radical (unpaired) electrons. The van der Waals surface area contributed by atoms with Crippen LogP contribution in [0.25, 0.3) is 27.8 Å². The van der Waals surface area contributed by atoms with E-state index in [0.717, 1.165) is 51.1 Å². The fraction of sp³-hybridized carbons (Fsp3) is 0.290. The van der Waals surface area contributed by atoms with Crippen molar-refractivity contribution in [3.63, 3.8) is 0 Å². The number of rotatable bonds is 5. The smallest absolute Gasteiger partial charge is 0.545 e. The molecule has 3 aromatic heterocycles. The molecule has 0 aliphatic carbocycles. The number of carbonyl (C=O) groups excluding carboxylic acids is 1. The van der Waals surface area contributed by atoms with Gasteiger partial charge in [-0.3, -0.25) is 0 Å². The number of pyridine rings is 1. The third-order valence-corrected chi connectivity index (χ3v) is 6.40. The van der Waals surface area contributed by atoms with Gasteiger partial charge in [0.05, 0.1) is 23.7 Å². The Morgan fingerprint density at radius 3 is 2.49 bits per heavy atom. The molecular weight excluding hydrogens is 497 g/mol. The summed E-state index contributed by atoms with van der Waals surface area (Å²) >= 11 is 0. The van der Waals surface area contributed by atoms with Crippen LogP contribution in [0.5, 0.6) is 0 Å². The van der Waals surface area contributed by atoms with Gasteiger partial charge >= 0.3 is 29.6 Å². The van der Waals surface area contributed by atoms with Crippen LogP contribution in [-0.2, 0) is 13.0 Å². The molecule has 2 aromatic carbocycles. The molecule has 0 bridgehead atoms. The summed E-state index contributed by atoms with van der Waals surface area (Å²) in [5, 5.41) is 17.5. The second kappa shape index (κ2) is 11.0. The van der Waals surface area contributed by atoms with Gasteiger partial charge in [0.15, 0.2) is 5.65 Å². The summed E-state index contributed by atoms with van der Waals surface area (Å²) in [5.41, 5.74) is 6.55. The van der Waals surface area contributed by atoms with Crippen LogP contribution < -0.4 is 34.7 Å². The van der Waals surface area contributed by atoms with E-state index in [1.54, 1.807) is 22.9 Å². The minimum absolute atomic E-state index is 0. The zero-order chi connectivity index (χ0) is 27.2. The van der Waals surface area contributed by atoms with Crippen molar-refractivity contribution < 1.29 is 39.5 Å². The van der Waals surface area contributed by atoms with Crippen LogP contribution in [0.2, 0.25) is 0 Å². The SMILES string of the molecule is CCc1nc2c(C)cc(C)nc2n1Cc1ccc2nn(-c3ccccc3C(=O)[O-])c(C#CC(C)(C)C)c2c1.[Na+]. The Kier molecular flexibility index (Phi) is 8.04. The van der Waals surface area contributed by atoms with Crippen molar-refractivity contribution in [1.29, 1.82) is 0 Å². The number of carboxylic acid groups (broad SMARTS) is 1. The van der Waals surface area contributed by atoms with Gasteiger partial charge in [-0.1, -0.05) is 37.1 Å². The Bertz CT molecular complexity index is 1780. The van der Waals surface area contributed by atoms with Crippen molar-refractivity contribution in [2.45, 2.75) is 54.5 Å². The number of hydrogen-bond donors (Lipinski definition) is 0. The van der Waals surface area contributed by atoms with E-state index in [1.807, 2.05) is 39.8 Å². The molecule has 0 fully saturated rings. The Labute approximate surface area is 250 Å². The first kappa shape index (κ1) is 28.6.